The van der Waals surface area contributed by atoms with E-state index < -0.39 is 6.61 Å². The molecule has 1 aromatic carbocycles. The van der Waals surface area contributed by atoms with Crippen LogP contribution in [0.25, 0.3) is 0 Å². The summed E-state index contributed by atoms with van der Waals surface area (Å²) in [6.07, 6.45) is 2.22. The van der Waals surface area contributed by atoms with Crippen molar-refractivity contribution in [1.82, 2.24) is 15.5 Å². The number of nitrogens with one attached hydrogen (secondary N) is 2. The number of benzene rings is 1. The highest BCUT2D eigenvalue weighted by Gasteiger charge is 2.11. The van der Waals surface area contributed by atoms with Gasteiger partial charge in [0.15, 0.2) is 5.96 Å². The van der Waals surface area contributed by atoms with Gasteiger partial charge in [-0.1, -0.05) is 17.7 Å². The summed E-state index contributed by atoms with van der Waals surface area (Å²) in [5.74, 6) is 1.15. The van der Waals surface area contributed by atoms with Gasteiger partial charge in [-0.25, -0.2) is 4.99 Å². The van der Waals surface area contributed by atoms with E-state index in [1.54, 1.807) is 38.6 Å². The smallest absolute Gasteiger partial charge is 0.387 e. The van der Waals surface area contributed by atoms with E-state index in [1.165, 1.54) is 11.0 Å². The molecule has 166 valence electrons. The molecule has 2 rings (SSSR count). The average molecular weight is 536 g/mol. The second-order valence-electron chi connectivity index (χ2n) is 6.55. The first-order valence-electron chi connectivity index (χ1n) is 9.14. The van der Waals surface area contributed by atoms with Crippen LogP contribution in [0.5, 0.6) is 5.75 Å². The Bertz CT molecular complexity index is 814. The van der Waals surface area contributed by atoms with Crippen LogP contribution in [-0.2, 0) is 17.8 Å². The number of guanidine groups is 1. The Morgan fingerprint density at radius 2 is 2.03 bits per heavy atom. The number of amides is 1. The zero-order valence-corrected chi connectivity index (χ0v) is 19.5. The van der Waals surface area contributed by atoms with Gasteiger partial charge in [0.25, 0.3) is 0 Å². The van der Waals surface area contributed by atoms with E-state index in [-0.39, 0.29) is 48.7 Å². The molecule has 0 bridgehead atoms. The molecule has 0 saturated carbocycles. The second-order valence-corrected chi connectivity index (χ2v) is 6.55. The number of rotatable bonds is 9. The maximum absolute atomic E-state index is 12.7. The molecule has 0 atom stereocenters. The van der Waals surface area contributed by atoms with Crippen LogP contribution < -0.4 is 15.4 Å². The van der Waals surface area contributed by atoms with E-state index in [4.69, 9.17) is 4.42 Å². The summed E-state index contributed by atoms with van der Waals surface area (Å²) in [6.45, 7) is -0.384. The summed E-state index contributed by atoms with van der Waals surface area (Å²) in [5, 5.41) is 6.07. The van der Waals surface area contributed by atoms with Gasteiger partial charge < -0.3 is 24.7 Å². The molecule has 0 unspecified atom stereocenters. The predicted octanol–water partition coefficient (Wildman–Crippen LogP) is 3.17. The number of halogens is 3. The Kier molecular flexibility index (Phi) is 11.2. The largest absolute Gasteiger partial charge is 0.469 e. The lowest BCUT2D eigenvalue weighted by molar-refractivity contribution is -0.127. The molecule has 0 spiro atoms. The predicted molar refractivity (Wildman–Crippen MR) is 121 cm³/mol. The molecule has 2 N–H and O–H groups in total. The first-order chi connectivity index (χ1) is 13.8. The monoisotopic (exact) mass is 536 g/mol. The quantitative estimate of drug-likeness (QED) is 0.293. The maximum atomic E-state index is 12.7. The molecule has 0 aliphatic carbocycles. The second kappa shape index (κ2) is 13.0. The Balaban J connectivity index is 0.00000450. The molecule has 10 heteroatoms. The highest BCUT2D eigenvalue weighted by atomic mass is 127. The number of carbonyl (C=O) groups is 1. The Morgan fingerprint density at radius 1 is 1.27 bits per heavy atom. The van der Waals surface area contributed by atoms with Crippen molar-refractivity contribution in [1.29, 1.82) is 0 Å². The number of alkyl halides is 2. The number of aliphatic imine (C=N–C) groups is 1. The third kappa shape index (κ3) is 8.97. The Morgan fingerprint density at radius 3 is 2.67 bits per heavy atom. The average Bonchev–Trinajstić information content (AvgIpc) is 3.18. The highest BCUT2D eigenvalue weighted by Crippen LogP contribution is 2.22. The van der Waals surface area contributed by atoms with E-state index in [0.29, 0.717) is 24.5 Å². The highest BCUT2D eigenvalue weighted by molar-refractivity contribution is 14.0. The standard InChI is InChI=1S/C20H26F2N4O3.HI/c1-14-6-7-17(29-19(21)22)15(11-14)12-24-20(25-13-18(27)26(2)3)23-9-8-16-5-4-10-28-16;/h4-7,10-11,19H,8-9,12-13H2,1-3H3,(H2,23,24,25);1H. The molecule has 7 nitrogen and oxygen atoms in total. The van der Waals surface area contributed by atoms with Crippen molar-refractivity contribution in [2.24, 2.45) is 4.99 Å². The minimum absolute atomic E-state index is 0. The van der Waals surface area contributed by atoms with Crippen LogP contribution in [0.3, 0.4) is 0 Å². The third-order valence-electron chi connectivity index (χ3n) is 3.99. The molecule has 0 aliphatic rings. The van der Waals surface area contributed by atoms with Gasteiger partial charge in [0.2, 0.25) is 5.91 Å². The molecule has 0 aliphatic heterocycles. The fraction of sp³-hybridized carbons (Fsp3) is 0.400. The van der Waals surface area contributed by atoms with Crippen molar-refractivity contribution in [2.45, 2.75) is 26.5 Å². The van der Waals surface area contributed by atoms with E-state index in [1.807, 2.05) is 13.0 Å². The van der Waals surface area contributed by atoms with Crippen molar-refractivity contribution in [3.05, 3.63) is 53.5 Å². The van der Waals surface area contributed by atoms with Crippen LogP contribution in [0.2, 0.25) is 0 Å². The summed E-state index contributed by atoms with van der Waals surface area (Å²) in [7, 11) is 3.32. The lowest BCUT2D eigenvalue weighted by Crippen LogP contribution is -2.43. The van der Waals surface area contributed by atoms with Gasteiger partial charge in [0.1, 0.15) is 11.5 Å². The summed E-state index contributed by atoms with van der Waals surface area (Å²) in [6, 6.07) is 8.61. The zero-order valence-electron chi connectivity index (χ0n) is 17.2. The topological polar surface area (TPSA) is 79.1 Å². The summed E-state index contributed by atoms with van der Waals surface area (Å²) < 4.78 is 35.2. The van der Waals surface area contributed by atoms with E-state index in [2.05, 4.69) is 20.4 Å². The Hall–Kier alpha value is -2.37. The first kappa shape index (κ1) is 25.7. The molecule has 0 saturated heterocycles. The van der Waals surface area contributed by atoms with Crippen LogP contribution in [0.4, 0.5) is 8.78 Å². The number of nitrogens with zero attached hydrogens (tertiary/aromatic N) is 2. The molecule has 30 heavy (non-hydrogen) atoms. The van der Waals surface area contributed by atoms with Gasteiger partial charge in [-0.15, -0.1) is 24.0 Å². The van der Waals surface area contributed by atoms with Crippen molar-refractivity contribution in [3.63, 3.8) is 0 Å². The fourth-order valence-electron chi connectivity index (χ4n) is 2.46. The third-order valence-corrected chi connectivity index (χ3v) is 3.99. The lowest BCUT2D eigenvalue weighted by atomic mass is 10.1. The molecule has 1 aromatic heterocycles. The van der Waals surface area contributed by atoms with E-state index >= 15 is 0 Å². The summed E-state index contributed by atoms with van der Waals surface area (Å²) in [4.78, 5) is 17.7. The first-order valence-corrected chi connectivity index (χ1v) is 9.14. The molecule has 0 fully saturated rings. The Labute approximate surface area is 191 Å². The molecule has 1 heterocycles. The van der Waals surface area contributed by atoms with Gasteiger partial charge >= 0.3 is 6.61 Å². The molecule has 2 aromatic rings. The number of ether oxygens (including phenoxy) is 1. The van der Waals surface area contributed by atoms with Crippen LogP contribution >= 0.6 is 24.0 Å². The number of hydrogen-bond donors (Lipinski definition) is 2. The minimum atomic E-state index is -2.91. The zero-order chi connectivity index (χ0) is 21.2. The van der Waals surface area contributed by atoms with Crippen LogP contribution in [-0.4, -0.2) is 50.6 Å². The molecule has 0 radical (unpaired) electrons. The normalized spacial score (nSPS) is 11.1. The fourth-order valence-corrected chi connectivity index (χ4v) is 2.46. The van der Waals surface area contributed by atoms with Crippen molar-refractivity contribution >= 4 is 35.8 Å². The molecular formula is C20H27F2IN4O3. The van der Waals surface area contributed by atoms with Gasteiger partial charge in [-0.3, -0.25) is 4.79 Å². The van der Waals surface area contributed by atoms with Gasteiger partial charge in [-0.2, -0.15) is 8.78 Å². The summed E-state index contributed by atoms with van der Waals surface area (Å²) in [5.41, 5.74) is 1.43. The minimum Gasteiger partial charge on any atom is -0.469 e. The van der Waals surface area contributed by atoms with Gasteiger partial charge in [0.05, 0.1) is 19.4 Å². The van der Waals surface area contributed by atoms with E-state index in [0.717, 1.165) is 11.3 Å². The number of aryl methyl sites for hydroxylation is 1. The van der Waals surface area contributed by atoms with E-state index in [9.17, 15) is 13.6 Å². The maximum Gasteiger partial charge on any atom is 0.387 e. The lowest BCUT2D eigenvalue weighted by Gasteiger charge is -2.15. The van der Waals surface area contributed by atoms with Crippen LogP contribution in [0, 0.1) is 6.92 Å². The molecular weight excluding hydrogens is 509 g/mol. The van der Waals surface area contributed by atoms with Crippen molar-refractivity contribution in [2.75, 3.05) is 27.2 Å². The number of carbonyl (C=O) groups excluding carboxylic acids is 1. The number of hydrogen-bond acceptors (Lipinski definition) is 4. The van der Waals surface area contributed by atoms with Crippen molar-refractivity contribution < 1.29 is 22.7 Å². The van der Waals surface area contributed by atoms with Crippen LogP contribution in [0.1, 0.15) is 16.9 Å². The van der Waals surface area contributed by atoms with Gasteiger partial charge in [-0.05, 0) is 25.1 Å². The van der Waals surface area contributed by atoms with Crippen LogP contribution in [0.15, 0.2) is 46.0 Å². The molecule has 1 amide bonds. The SMILES string of the molecule is Cc1ccc(OC(F)F)c(CN=C(NCCc2ccco2)NCC(=O)N(C)C)c1.I. The van der Waals surface area contributed by atoms with Crippen molar-refractivity contribution in [3.8, 4) is 5.75 Å². The summed E-state index contributed by atoms with van der Waals surface area (Å²) >= 11 is 0. The van der Waals surface area contributed by atoms with Gasteiger partial charge in [0, 0.05) is 32.6 Å². The number of furan rings is 1. The number of likely N-dealkylation sites (N-methyl/N-ethyl adjacent to an activating group) is 1.